The molecule has 0 aliphatic carbocycles. The molecule has 0 bridgehead atoms. The summed E-state index contributed by atoms with van der Waals surface area (Å²) in [6.45, 7) is 2.27. The van der Waals surface area contributed by atoms with Gasteiger partial charge in [0.25, 0.3) is 0 Å². The molecular formula is C59H39N3O2. The minimum absolute atomic E-state index is 0.0395. The predicted octanol–water partition coefficient (Wildman–Crippen LogP) is 15.7. The number of hydrogen-bond acceptors (Lipinski definition) is 4. The fourth-order valence-electron chi connectivity index (χ4n) is 9.90. The van der Waals surface area contributed by atoms with Crippen LogP contribution < -0.4 is 0 Å². The van der Waals surface area contributed by atoms with Crippen molar-refractivity contribution in [3.05, 3.63) is 217 Å². The second-order valence-corrected chi connectivity index (χ2v) is 16.9. The van der Waals surface area contributed by atoms with Crippen LogP contribution in [-0.4, -0.2) is 16.1 Å². The van der Waals surface area contributed by atoms with Gasteiger partial charge in [0.15, 0.2) is 5.84 Å². The van der Waals surface area contributed by atoms with Crippen LogP contribution in [0.3, 0.4) is 0 Å². The minimum atomic E-state index is 0.0395. The summed E-state index contributed by atoms with van der Waals surface area (Å²) in [4.78, 5) is 11.3. The Morgan fingerprint density at radius 1 is 0.453 bits per heavy atom. The van der Waals surface area contributed by atoms with Crippen LogP contribution >= 0.6 is 0 Å². The minimum Gasteiger partial charge on any atom is -0.456 e. The lowest BCUT2D eigenvalue weighted by Crippen LogP contribution is -2.17. The summed E-state index contributed by atoms with van der Waals surface area (Å²) in [7, 11) is 0. The summed E-state index contributed by atoms with van der Waals surface area (Å²) < 4.78 is 15.6. The molecule has 12 aromatic rings. The van der Waals surface area contributed by atoms with Crippen molar-refractivity contribution in [1.82, 2.24) is 4.57 Å². The number of hydrogen-bond donors (Lipinski definition) is 0. The lowest BCUT2D eigenvalue weighted by Gasteiger charge is -2.20. The summed E-state index contributed by atoms with van der Waals surface area (Å²) in [5, 5.41) is 9.08. The zero-order valence-electron chi connectivity index (χ0n) is 35.0. The molecule has 1 atom stereocenters. The molecule has 5 heteroatoms. The van der Waals surface area contributed by atoms with Gasteiger partial charge in [-0.05, 0) is 94.5 Å². The topological polar surface area (TPSA) is 55.9 Å². The van der Waals surface area contributed by atoms with Gasteiger partial charge in [0.05, 0.1) is 33.7 Å². The Bertz CT molecular complexity index is 3940. The van der Waals surface area contributed by atoms with Gasteiger partial charge < -0.3 is 13.4 Å². The number of benzene rings is 9. The molecular weight excluding hydrogens is 783 g/mol. The van der Waals surface area contributed by atoms with Crippen LogP contribution in [0.2, 0.25) is 0 Å². The van der Waals surface area contributed by atoms with Crippen LogP contribution in [-0.2, 0) is 0 Å². The van der Waals surface area contributed by atoms with E-state index in [1.165, 1.54) is 21.5 Å². The molecule has 0 radical (unpaired) electrons. The summed E-state index contributed by atoms with van der Waals surface area (Å²) in [6.07, 6.45) is 3.01. The second-order valence-electron chi connectivity index (χ2n) is 16.9. The molecule has 9 aromatic carbocycles. The van der Waals surface area contributed by atoms with Crippen molar-refractivity contribution in [2.24, 2.45) is 15.9 Å². The summed E-state index contributed by atoms with van der Waals surface area (Å²) in [6, 6.07) is 68.6. The first-order valence-corrected chi connectivity index (χ1v) is 21.9. The van der Waals surface area contributed by atoms with Crippen LogP contribution in [0.25, 0.3) is 99.0 Å². The third-order valence-electron chi connectivity index (χ3n) is 13.1. The largest absolute Gasteiger partial charge is 0.456 e. The van der Waals surface area contributed by atoms with Crippen molar-refractivity contribution >= 4 is 93.7 Å². The molecule has 1 aliphatic heterocycles. The Morgan fingerprint density at radius 3 is 1.89 bits per heavy atom. The first-order valence-electron chi connectivity index (χ1n) is 21.9. The van der Waals surface area contributed by atoms with Gasteiger partial charge >= 0.3 is 0 Å². The first kappa shape index (κ1) is 36.4. The Hall–Kier alpha value is -8.28. The zero-order chi connectivity index (χ0) is 42.3. The van der Waals surface area contributed by atoms with Crippen molar-refractivity contribution in [2.45, 2.75) is 13.3 Å². The number of nitrogens with zero attached hydrogens (tertiary/aromatic N) is 3. The van der Waals surface area contributed by atoms with E-state index in [9.17, 15) is 0 Å². The molecule has 4 heterocycles. The van der Waals surface area contributed by atoms with Gasteiger partial charge in [-0.25, -0.2) is 9.98 Å². The maximum Gasteiger partial charge on any atom is 0.160 e. The Labute approximate surface area is 368 Å². The summed E-state index contributed by atoms with van der Waals surface area (Å²) in [5.74, 6) is 0.675. The van der Waals surface area contributed by atoms with E-state index in [1.807, 2.05) is 18.2 Å². The maximum absolute atomic E-state index is 6.97. The van der Waals surface area contributed by atoms with Crippen molar-refractivity contribution in [3.63, 3.8) is 0 Å². The van der Waals surface area contributed by atoms with E-state index in [4.69, 9.17) is 18.8 Å². The third kappa shape index (κ3) is 5.78. The van der Waals surface area contributed by atoms with E-state index in [2.05, 4.69) is 193 Å². The van der Waals surface area contributed by atoms with Gasteiger partial charge in [-0.15, -0.1) is 0 Å². The monoisotopic (exact) mass is 821 g/mol. The number of aromatic nitrogens is 1. The third-order valence-corrected chi connectivity index (χ3v) is 13.1. The predicted molar refractivity (Wildman–Crippen MR) is 266 cm³/mol. The molecule has 0 fully saturated rings. The molecule has 0 saturated heterocycles. The van der Waals surface area contributed by atoms with E-state index in [-0.39, 0.29) is 5.92 Å². The van der Waals surface area contributed by atoms with Gasteiger partial charge in [0.1, 0.15) is 22.3 Å². The Kier molecular flexibility index (Phi) is 8.19. The molecule has 64 heavy (non-hydrogen) atoms. The number of aliphatic imine (C=N–C) groups is 2. The van der Waals surface area contributed by atoms with Crippen molar-refractivity contribution < 1.29 is 8.83 Å². The van der Waals surface area contributed by atoms with Gasteiger partial charge in [0, 0.05) is 43.8 Å². The highest BCUT2D eigenvalue weighted by atomic mass is 16.3. The summed E-state index contributed by atoms with van der Waals surface area (Å²) >= 11 is 0. The van der Waals surface area contributed by atoms with E-state index in [1.54, 1.807) is 0 Å². The fraction of sp³-hybridized carbons (Fsp3) is 0.0508. The Balaban J connectivity index is 1.08. The highest BCUT2D eigenvalue weighted by Gasteiger charge is 2.26. The molecule has 5 nitrogen and oxygen atoms in total. The lowest BCUT2D eigenvalue weighted by molar-refractivity contribution is 0.667. The molecule has 0 spiro atoms. The smallest absolute Gasteiger partial charge is 0.160 e. The van der Waals surface area contributed by atoms with E-state index >= 15 is 0 Å². The SMILES string of the molecule is CC1C/C=C(c2c(-n3c4ccccc4c4cc5ccccc5cc43)ccc3c2oc2ccccc23)/N=C(c2ccc(-c3ccccc3)cc2)\N=C/1c1ccc2oc3ccccc3c2c1. The van der Waals surface area contributed by atoms with Crippen molar-refractivity contribution in [2.75, 3.05) is 0 Å². The van der Waals surface area contributed by atoms with Crippen molar-refractivity contribution in [3.8, 4) is 16.8 Å². The average molecular weight is 822 g/mol. The van der Waals surface area contributed by atoms with Gasteiger partial charge in [-0.2, -0.15) is 0 Å². The number of rotatable bonds is 5. The lowest BCUT2D eigenvalue weighted by atomic mass is 9.92. The van der Waals surface area contributed by atoms with E-state index in [0.717, 1.165) is 99.8 Å². The van der Waals surface area contributed by atoms with Gasteiger partial charge in [-0.3, -0.25) is 0 Å². The highest BCUT2D eigenvalue weighted by Crippen LogP contribution is 2.43. The number of allylic oxidation sites excluding steroid dienone is 1. The van der Waals surface area contributed by atoms with Crippen LogP contribution in [0.1, 0.15) is 30.0 Å². The van der Waals surface area contributed by atoms with Gasteiger partial charge in [0.2, 0.25) is 0 Å². The molecule has 3 aromatic heterocycles. The van der Waals surface area contributed by atoms with Crippen LogP contribution in [0.15, 0.2) is 219 Å². The summed E-state index contributed by atoms with van der Waals surface area (Å²) in [5.41, 5.74) is 13.6. The number of fused-ring (bicyclic) bond motifs is 10. The van der Waals surface area contributed by atoms with Gasteiger partial charge in [-0.1, -0.05) is 146 Å². The fourth-order valence-corrected chi connectivity index (χ4v) is 9.90. The molecule has 13 rings (SSSR count). The molecule has 0 amide bonds. The quantitative estimate of drug-likeness (QED) is 0.174. The molecule has 0 N–H and O–H groups in total. The van der Waals surface area contributed by atoms with Crippen LogP contribution in [0.5, 0.6) is 0 Å². The number of amidine groups is 1. The number of furan rings is 2. The van der Waals surface area contributed by atoms with Crippen molar-refractivity contribution in [1.29, 1.82) is 0 Å². The highest BCUT2D eigenvalue weighted by molar-refractivity contribution is 6.19. The normalized spacial score (nSPS) is 17.1. The zero-order valence-corrected chi connectivity index (χ0v) is 35.0. The van der Waals surface area contributed by atoms with Crippen LogP contribution in [0.4, 0.5) is 0 Å². The molecule has 302 valence electrons. The molecule has 1 aliphatic rings. The Morgan fingerprint density at radius 2 is 1.08 bits per heavy atom. The van der Waals surface area contributed by atoms with E-state index < -0.39 is 0 Å². The number of para-hydroxylation sites is 3. The van der Waals surface area contributed by atoms with Crippen LogP contribution in [0, 0.1) is 5.92 Å². The molecule has 1 unspecified atom stereocenters. The standard InChI is InChI=1S/C59H39N3O2/c1-36-23-30-49(60-59(39-26-24-38(25-27-39)37-13-3-2-4-14-37)61-57(36)42-28-32-55-48(34-42)45-19-9-11-21-53(45)63-55)56-51(31-29-46-44-18-8-12-22-54(44)64-58(46)56)62-50-20-10-7-17-43(50)47-33-40-15-5-6-16-41(40)35-52(47)62/h2-22,24-36H,23H2,1H3/b49-30+,60-59-,61-57+. The molecule has 0 saturated carbocycles. The van der Waals surface area contributed by atoms with E-state index in [0.29, 0.717) is 12.3 Å². The average Bonchev–Trinajstić information content (AvgIpc) is 4.02. The first-order chi connectivity index (χ1) is 31.6. The second kappa shape index (κ2) is 14.4. The maximum atomic E-state index is 6.97.